The third-order valence-corrected chi connectivity index (χ3v) is 4.58. The number of nitrogens with one attached hydrogen (secondary N) is 1. The van der Waals surface area contributed by atoms with Gasteiger partial charge in [0.2, 0.25) is 5.91 Å². The zero-order valence-electron chi connectivity index (χ0n) is 14.8. The number of rotatable bonds is 5. The fraction of sp³-hybridized carbons (Fsp3) is 0.600. The van der Waals surface area contributed by atoms with Gasteiger partial charge < -0.3 is 10.1 Å². The highest BCUT2D eigenvalue weighted by Crippen LogP contribution is 2.22. The molecule has 0 saturated heterocycles. The molecule has 0 aliphatic heterocycles. The molecule has 0 aromatic heterocycles. The Morgan fingerprint density at radius 1 is 1.08 bits per heavy atom. The molecule has 1 atom stereocenters. The number of carbonyl (C=O) groups excluding carboxylic acids is 2. The summed E-state index contributed by atoms with van der Waals surface area (Å²) in [5, 5.41) is 2.87. The van der Waals surface area contributed by atoms with Crippen molar-refractivity contribution in [3.05, 3.63) is 35.4 Å². The van der Waals surface area contributed by atoms with Crippen LogP contribution >= 0.6 is 0 Å². The minimum atomic E-state index is -0.329. The Bertz CT molecular complexity index is 530. The van der Waals surface area contributed by atoms with Crippen LogP contribution in [0.1, 0.15) is 75.5 Å². The van der Waals surface area contributed by atoms with Gasteiger partial charge in [0.05, 0.1) is 12.5 Å². The molecule has 0 radical (unpaired) electrons. The van der Waals surface area contributed by atoms with E-state index in [0.29, 0.717) is 0 Å². The minimum Gasteiger partial charge on any atom is -0.462 e. The number of ether oxygens (including phenoxy) is 1. The van der Waals surface area contributed by atoms with Crippen molar-refractivity contribution in [2.45, 2.75) is 77.4 Å². The van der Waals surface area contributed by atoms with Gasteiger partial charge in [0.25, 0.3) is 0 Å². The predicted molar refractivity (Wildman–Crippen MR) is 94.6 cm³/mol. The summed E-state index contributed by atoms with van der Waals surface area (Å²) in [6.45, 7) is 3.49. The van der Waals surface area contributed by atoms with Crippen LogP contribution in [0.25, 0.3) is 0 Å². The molecule has 1 aromatic rings. The molecule has 1 amide bonds. The molecule has 24 heavy (non-hydrogen) atoms. The smallest absolute Gasteiger partial charge is 0.308 e. The molecular formula is C20H29NO3. The number of aryl methyl sites for hydroxylation is 1. The molecule has 0 heterocycles. The summed E-state index contributed by atoms with van der Waals surface area (Å²) >= 11 is 0. The molecule has 1 aliphatic rings. The van der Waals surface area contributed by atoms with Crippen LogP contribution in [0.2, 0.25) is 0 Å². The second-order valence-electron chi connectivity index (χ2n) is 6.82. The molecule has 1 saturated carbocycles. The summed E-state index contributed by atoms with van der Waals surface area (Å²) < 4.78 is 5.69. The van der Waals surface area contributed by atoms with Gasteiger partial charge in [-0.15, -0.1) is 0 Å². The Morgan fingerprint density at radius 3 is 2.25 bits per heavy atom. The van der Waals surface area contributed by atoms with Crippen LogP contribution in [-0.2, 0) is 14.3 Å². The summed E-state index contributed by atoms with van der Waals surface area (Å²) in [6.07, 6.45) is 8.14. The van der Waals surface area contributed by atoms with Crippen molar-refractivity contribution in [2.24, 2.45) is 0 Å². The van der Waals surface area contributed by atoms with E-state index in [9.17, 15) is 9.59 Å². The first kappa shape index (κ1) is 18.5. The number of hydrogen-bond acceptors (Lipinski definition) is 3. The fourth-order valence-electron chi connectivity index (χ4n) is 3.23. The van der Waals surface area contributed by atoms with E-state index in [1.54, 1.807) is 0 Å². The molecule has 1 N–H and O–H groups in total. The van der Waals surface area contributed by atoms with Crippen LogP contribution in [0.15, 0.2) is 24.3 Å². The number of carbonyl (C=O) groups is 2. The standard InChI is InChI=1S/C20H29NO3/c1-15-10-12-17(13-11-15)19(21-16(2)22)14-20(23)24-18-8-6-4-3-5-7-9-18/h10-13,18-19H,3-9,14H2,1-2H3,(H,21,22). The van der Waals surface area contributed by atoms with Gasteiger partial charge in [-0.25, -0.2) is 0 Å². The first-order valence-electron chi connectivity index (χ1n) is 9.08. The van der Waals surface area contributed by atoms with Gasteiger partial charge in [-0.05, 0) is 38.2 Å². The van der Waals surface area contributed by atoms with E-state index >= 15 is 0 Å². The molecule has 0 spiro atoms. The maximum atomic E-state index is 12.4. The summed E-state index contributed by atoms with van der Waals surface area (Å²) in [6, 6.07) is 7.57. The van der Waals surface area contributed by atoms with Crippen molar-refractivity contribution >= 4 is 11.9 Å². The number of hydrogen-bond donors (Lipinski definition) is 1. The van der Waals surface area contributed by atoms with Crippen molar-refractivity contribution < 1.29 is 14.3 Å². The van der Waals surface area contributed by atoms with Gasteiger partial charge in [-0.2, -0.15) is 0 Å². The second-order valence-corrected chi connectivity index (χ2v) is 6.82. The minimum absolute atomic E-state index is 0.0359. The molecule has 1 fully saturated rings. The molecule has 0 bridgehead atoms. The van der Waals surface area contributed by atoms with Gasteiger partial charge in [0.15, 0.2) is 0 Å². The SMILES string of the molecule is CC(=O)NC(CC(=O)OC1CCCCCCC1)c1ccc(C)cc1. The molecule has 132 valence electrons. The third-order valence-electron chi connectivity index (χ3n) is 4.58. The highest BCUT2D eigenvalue weighted by molar-refractivity contribution is 5.76. The lowest BCUT2D eigenvalue weighted by Gasteiger charge is -2.22. The number of esters is 1. The average molecular weight is 331 g/mol. The molecule has 2 rings (SSSR count). The van der Waals surface area contributed by atoms with Crippen molar-refractivity contribution in [2.75, 3.05) is 0 Å². The average Bonchev–Trinajstić information content (AvgIpc) is 2.49. The highest BCUT2D eigenvalue weighted by atomic mass is 16.5. The Kier molecular flexibility index (Phi) is 7.29. The van der Waals surface area contributed by atoms with Crippen LogP contribution in [0.5, 0.6) is 0 Å². The normalized spacial score (nSPS) is 17.4. The van der Waals surface area contributed by atoms with E-state index in [2.05, 4.69) is 5.32 Å². The van der Waals surface area contributed by atoms with Gasteiger partial charge in [-0.3, -0.25) is 9.59 Å². The van der Waals surface area contributed by atoms with Gasteiger partial charge >= 0.3 is 5.97 Å². The van der Waals surface area contributed by atoms with Crippen molar-refractivity contribution in [3.8, 4) is 0 Å². The monoisotopic (exact) mass is 331 g/mol. The topological polar surface area (TPSA) is 55.4 Å². The van der Waals surface area contributed by atoms with Crippen LogP contribution in [-0.4, -0.2) is 18.0 Å². The first-order valence-corrected chi connectivity index (χ1v) is 9.08. The quantitative estimate of drug-likeness (QED) is 0.822. The largest absolute Gasteiger partial charge is 0.462 e. The van der Waals surface area contributed by atoms with E-state index in [0.717, 1.165) is 36.8 Å². The van der Waals surface area contributed by atoms with Gasteiger partial charge in [0.1, 0.15) is 6.10 Å². The van der Waals surface area contributed by atoms with Gasteiger partial charge in [0, 0.05) is 6.92 Å². The lowest BCUT2D eigenvalue weighted by molar-refractivity contribution is -0.150. The summed E-state index contributed by atoms with van der Waals surface area (Å²) in [4.78, 5) is 23.9. The lowest BCUT2D eigenvalue weighted by atomic mass is 9.98. The highest BCUT2D eigenvalue weighted by Gasteiger charge is 2.21. The number of benzene rings is 1. The summed E-state index contributed by atoms with van der Waals surface area (Å²) in [7, 11) is 0. The third kappa shape index (κ3) is 6.34. The zero-order chi connectivity index (χ0) is 17.4. The van der Waals surface area contributed by atoms with Crippen LogP contribution in [0.4, 0.5) is 0 Å². The van der Waals surface area contributed by atoms with E-state index in [1.165, 1.54) is 26.2 Å². The van der Waals surface area contributed by atoms with Crippen molar-refractivity contribution in [3.63, 3.8) is 0 Å². The lowest BCUT2D eigenvalue weighted by Crippen LogP contribution is -2.30. The van der Waals surface area contributed by atoms with E-state index in [-0.39, 0.29) is 30.4 Å². The molecule has 4 heteroatoms. The summed E-state index contributed by atoms with van der Waals surface area (Å²) in [5.41, 5.74) is 2.09. The Morgan fingerprint density at radius 2 is 1.67 bits per heavy atom. The maximum Gasteiger partial charge on any atom is 0.308 e. The van der Waals surface area contributed by atoms with E-state index < -0.39 is 0 Å². The Labute approximate surface area is 145 Å². The van der Waals surface area contributed by atoms with Crippen molar-refractivity contribution in [1.82, 2.24) is 5.32 Å². The molecular weight excluding hydrogens is 302 g/mol. The maximum absolute atomic E-state index is 12.4. The van der Waals surface area contributed by atoms with E-state index in [4.69, 9.17) is 4.74 Å². The zero-order valence-corrected chi connectivity index (χ0v) is 14.8. The van der Waals surface area contributed by atoms with Gasteiger partial charge in [-0.1, -0.05) is 49.1 Å². The number of amides is 1. The Balaban J connectivity index is 1.95. The van der Waals surface area contributed by atoms with Crippen LogP contribution < -0.4 is 5.32 Å². The van der Waals surface area contributed by atoms with Crippen molar-refractivity contribution in [1.29, 1.82) is 0 Å². The van der Waals surface area contributed by atoms with Crippen LogP contribution in [0.3, 0.4) is 0 Å². The molecule has 1 unspecified atom stereocenters. The predicted octanol–water partition coefficient (Wildman–Crippen LogP) is 4.22. The summed E-state index contributed by atoms with van der Waals surface area (Å²) in [5.74, 6) is -0.362. The van der Waals surface area contributed by atoms with E-state index in [1.807, 2.05) is 31.2 Å². The molecule has 4 nitrogen and oxygen atoms in total. The first-order chi connectivity index (χ1) is 11.5. The van der Waals surface area contributed by atoms with Crippen LogP contribution in [0, 0.1) is 6.92 Å². The second kappa shape index (κ2) is 9.45. The molecule has 1 aromatic carbocycles. The fourth-order valence-corrected chi connectivity index (χ4v) is 3.23. The molecule has 1 aliphatic carbocycles. The Hall–Kier alpha value is -1.84.